The maximum absolute atomic E-state index is 13.8. The molecular weight excluding hydrogens is 418 g/mol. The highest BCUT2D eigenvalue weighted by Crippen LogP contribution is 2.43. The van der Waals surface area contributed by atoms with Crippen molar-refractivity contribution in [1.82, 2.24) is 0 Å². The van der Waals surface area contributed by atoms with E-state index in [9.17, 15) is 14.7 Å². The van der Waals surface area contributed by atoms with Gasteiger partial charge in [-0.05, 0) is 43.2 Å². The van der Waals surface area contributed by atoms with Crippen molar-refractivity contribution in [2.75, 3.05) is 18.5 Å². The normalized spacial score (nSPS) is 17.5. The van der Waals surface area contributed by atoms with Gasteiger partial charge in [-0.2, -0.15) is 0 Å². The third kappa shape index (κ3) is 4.53. The molecule has 2 atom stereocenters. The average molecular weight is 446 g/mol. The largest absolute Gasteiger partial charge is 0.478 e. The van der Waals surface area contributed by atoms with Crippen molar-refractivity contribution in [1.29, 1.82) is 0 Å². The summed E-state index contributed by atoms with van der Waals surface area (Å²) in [6.45, 7) is 4.85. The first-order valence-corrected chi connectivity index (χ1v) is 11.1. The first-order valence-electron chi connectivity index (χ1n) is 11.1. The standard InChI is InChI=1S/C27H27NO5/c1-3-32-27(33-4-2)19-13-8-12-18(16-19)24-22(17-10-6-5-7-11-17)25(29)23-20(26(30)31)14-9-15-21(23)28-24/h5-16,22,24,27-28H,3-4H2,1-2H3,(H,30,31). The Bertz CT molecular complexity index is 1140. The summed E-state index contributed by atoms with van der Waals surface area (Å²) < 4.78 is 11.5. The second kappa shape index (κ2) is 9.98. The number of carboxylic acid groups (broad SMARTS) is 1. The lowest BCUT2D eigenvalue weighted by atomic mass is 9.77. The number of hydrogen-bond acceptors (Lipinski definition) is 5. The van der Waals surface area contributed by atoms with E-state index in [1.54, 1.807) is 12.1 Å². The SMILES string of the molecule is CCOC(OCC)c1cccc(C2Nc3cccc(C(=O)O)c3C(=O)C2c2ccccc2)c1. The third-order valence-electron chi connectivity index (χ3n) is 5.80. The number of ether oxygens (including phenoxy) is 2. The van der Waals surface area contributed by atoms with Gasteiger partial charge in [0.1, 0.15) is 0 Å². The molecule has 0 radical (unpaired) electrons. The van der Waals surface area contributed by atoms with E-state index in [2.05, 4.69) is 5.32 Å². The number of ketones is 1. The van der Waals surface area contributed by atoms with Crippen molar-refractivity contribution in [2.24, 2.45) is 0 Å². The molecule has 33 heavy (non-hydrogen) atoms. The molecule has 0 fully saturated rings. The van der Waals surface area contributed by atoms with Crippen LogP contribution in [0.5, 0.6) is 0 Å². The van der Waals surface area contributed by atoms with Crippen LogP contribution in [-0.4, -0.2) is 30.1 Å². The van der Waals surface area contributed by atoms with Gasteiger partial charge in [0.15, 0.2) is 12.1 Å². The lowest BCUT2D eigenvalue weighted by molar-refractivity contribution is -0.140. The van der Waals surface area contributed by atoms with Crippen LogP contribution >= 0.6 is 0 Å². The molecule has 6 nitrogen and oxygen atoms in total. The van der Waals surface area contributed by atoms with E-state index in [4.69, 9.17) is 9.47 Å². The number of Topliss-reactive ketones (excluding diaryl/α,β-unsaturated/α-hetero) is 1. The van der Waals surface area contributed by atoms with Crippen LogP contribution in [0.2, 0.25) is 0 Å². The lowest BCUT2D eigenvalue weighted by Crippen LogP contribution is -2.33. The quantitative estimate of drug-likeness (QED) is 0.440. The molecule has 4 rings (SSSR count). The zero-order valence-corrected chi connectivity index (χ0v) is 18.7. The van der Waals surface area contributed by atoms with Gasteiger partial charge in [-0.25, -0.2) is 4.79 Å². The van der Waals surface area contributed by atoms with Gasteiger partial charge >= 0.3 is 5.97 Å². The maximum Gasteiger partial charge on any atom is 0.336 e. The van der Waals surface area contributed by atoms with Crippen LogP contribution in [0.3, 0.4) is 0 Å². The highest BCUT2D eigenvalue weighted by molar-refractivity contribution is 6.14. The van der Waals surface area contributed by atoms with E-state index in [1.165, 1.54) is 6.07 Å². The number of aromatic carboxylic acids is 1. The first-order chi connectivity index (χ1) is 16.0. The number of fused-ring (bicyclic) bond motifs is 1. The fourth-order valence-corrected chi connectivity index (χ4v) is 4.40. The van der Waals surface area contributed by atoms with Gasteiger partial charge in [0.05, 0.1) is 23.1 Å². The first kappa shape index (κ1) is 22.7. The predicted molar refractivity (Wildman–Crippen MR) is 126 cm³/mol. The molecule has 3 aromatic rings. The van der Waals surface area contributed by atoms with Crippen LogP contribution < -0.4 is 5.32 Å². The molecule has 0 aliphatic carbocycles. The summed E-state index contributed by atoms with van der Waals surface area (Å²) in [4.78, 5) is 25.6. The number of anilines is 1. The second-order valence-corrected chi connectivity index (χ2v) is 7.82. The third-order valence-corrected chi connectivity index (χ3v) is 5.80. The van der Waals surface area contributed by atoms with Crippen LogP contribution in [-0.2, 0) is 9.47 Å². The zero-order chi connectivity index (χ0) is 23.4. The van der Waals surface area contributed by atoms with Crippen molar-refractivity contribution in [3.8, 4) is 0 Å². The topological polar surface area (TPSA) is 84.9 Å². The van der Waals surface area contributed by atoms with Crippen LogP contribution in [0.25, 0.3) is 0 Å². The average Bonchev–Trinajstić information content (AvgIpc) is 2.84. The molecule has 2 unspecified atom stereocenters. The van der Waals surface area contributed by atoms with E-state index in [0.29, 0.717) is 18.9 Å². The van der Waals surface area contributed by atoms with Gasteiger partial charge < -0.3 is 19.9 Å². The Morgan fingerprint density at radius 3 is 2.27 bits per heavy atom. The van der Waals surface area contributed by atoms with Crippen LogP contribution in [0.15, 0.2) is 72.8 Å². The molecule has 1 aliphatic heterocycles. The van der Waals surface area contributed by atoms with Crippen molar-refractivity contribution in [3.05, 3.63) is 101 Å². The monoisotopic (exact) mass is 445 g/mol. The summed E-state index contributed by atoms with van der Waals surface area (Å²) in [7, 11) is 0. The number of rotatable bonds is 8. The highest BCUT2D eigenvalue weighted by Gasteiger charge is 2.39. The molecule has 1 aliphatic rings. The van der Waals surface area contributed by atoms with E-state index >= 15 is 0 Å². The van der Waals surface area contributed by atoms with Crippen molar-refractivity contribution < 1.29 is 24.2 Å². The molecule has 0 bridgehead atoms. The molecule has 1 heterocycles. The fraction of sp³-hybridized carbons (Fsp3) is 0.259. The minimum absolute atomic E-state index is 0.00545. The molecule has 0 saturated heterocycles. The Hall–Kier alpha value is -3.48. The molecule has 0 saturated carbocycles. The summed E-state index contributed by atoms with van der Waals surface area (Å²) in [5.74, 6) is -1.92. The Morgan fingerprint density at radius 2 is 1.61 bits per heavy atom. The predicted octanol–water partition coefficient (Wildman–Crippen LogP) is 5.59. The molecular formula is C27H27NO5. The smallest absolute Gasteiger partial charge is 0.336 e. The molecule has 170 valence electrons. The fourth-order valence-electron chi connectivity index (χ4n) is 4.40. The van der Waals surface area contributed by atoms with Gasteiger partial charge in [0.25, 0.3) is 0 Å². The highest BCUT2D eigenvalue weighted by atomic mass is 16.7. The molecule has 0 spiro atoms. The lowest BCUT2D eigenvalue weighted by Gasteiger charge is -2.35. The Morgan fingerprint density at radius 1 is 0.939 bits per heavy atom. The molecule has 0 amide bonds. The van der Waals surface area contributed by atoms with Crippen molar-refractivity contribution in [3.63, 3.8) is 0 Å². The minimum Gasteiger partial charge on any atom is -0.478 e. The summed E-state index contributed by atoms with van der Waals surface area (Å²) in [5.41, 5.74) is 3.32. The van der Waals surface area contributed by atoms with Crippen molar-refractivity contribution >= 4 is 17.4 Å². The van der Waals surface area contributed by atoms with Crippen LogP contribution in [0.4, 0.5) is 5.69 Å². The summed E-state index contributed by atoms with van der Waals surface area (Å²) in [6.07, 6.45) is -0.500. The van der Waals surface area contributed by atoms with Gasteiger partial charge in [-0.1, -0.05) is 54.6 Å². The summed E-state index contributed by atoms with van der Waals surface area (Å²) >= 11 is 0. The van der Waals surface area contributed by atoms with Gasteiger partial charge in [-0.15, -0.1) is 0 Å². The maximum atomic E-state index is 13.8. The van der Waals surface area contributed by atoms with Gasteiger partial charge in [0.2, 0.25) is 0 Å². The number of carboxylic acids is 1. The molecule has 6 heteroatoms. The second-order valence-electron chi connectivity index (χ2n) is 7.82. The van der Waals surface area contributed by atoms with Crippen LogP contribution in [0.1, 0.15) is 69.5 Å². The summed E-state index contributed by atoms with van der Waals surface area (Å²) in [6, 6.07) is 21.8. The molecule has 2 N–H and O–H groups in total. The van der Waals surface area contributed by atoms with Crippen LogP contribution in [0, 0.1) is 0 Å². The summed E-state index contributed by atoms with van der Waals surface area (Å²) in [5, 5.41) is 13.1. The van der Waals surface area contributed by atoms with E-state index in [0.717, 1.165) is 16.7 Å². The van der Waals surface area contributed by atoms with E-state index < -0.39 is 18.2 Å². The van der Waals surface area contributed by atoms with Gasteiger partial charge in [-0.3, -0.25) is 4.79 Å². The number of hydrogen-bond donors (Lipinski definition) is 2. The molecule has 3 aromatic carbocycles. The number of carbonyl (C=O) groups excluding carboxylic acids is 1. The zero-order valence-electron chi connectivity index (χ0n) is 18.7. The number of nitrogens with one attached hydrogen (secondary N) is 1. The van der Waals surface area contributed by atoms with E-state index in [1.807, 2.05) is 68.4 Å². The Balaban J connectivity index is 1.83. The van der Waals surface area contributed by atoms with Gasteiger partial charge in [0, 0.05) is 24.5 Å². The Labute approximate surface area is 193 Å². The Kier molecular flexibility index (Phi) is 6.87. The van der Waals surface area contributed by atoms with E-state index in [-0.39, 0.29) is 23.0 Å². The molecule has 0 aromatic heterocycles. The number of carbonyl (C=O) groups is 2. The minimum atomic E-state index is -1.12. The number of benzene rings is 3. The van der Waals surface area contributed by atoms with Crippen molar-refractivity contribution in [2.45, 2.75) is 32.1 Å².